The van der Waals surface area contributed by atoms with Crippen LogP contribution in [-0.2, 0) is 33.6 Å². The monoisotopic (exact) mass is 405 g/mol. The van der Waals surface area contributed by atoms with Crippen LogP contribution in [0.3, 0.4) is 0 Å². The maximum absolute atomic E-state index is 12.9. The number of benzene rings is 1. The fourth-order valence-corrected chi connectivity index (χ4v) is 3.73. The summed E-state index contributed by atoms with van der Waals surface area (Å²) in [5, 5.41) is 2.83. The molecule has 2 N–H and O–H groups in total. The lowest BCUT2D eigenvalue weighted by Crippen LogP contribution is -2.43. The molecule has 154 valence electrons. The lowest BCUT2D eigenvalue weighted by atomic mass is 10.0. The summed E-state index contributed by atoms with van der Waals surface area (Å²) in [6, 6.07) is 10.9. The number of hydrogen-bond acceptors (Lipinski definition) is 5. The Morgan fingerprint density at radius 3 is 2.80 bits per heavy atom. The number of carbonyl (C=O) groups excluding carboxylic acids is 2. The predicted molar refractivity (Wildman–Crippen MR) is 113 cm³/mol. The summed E-state index contributed by atoms with van der Waals surface area (Å²) < 4.78 is 10.2. The van der Waals surface area contributed by atoms with E-state index in [-0.39, 0.29) is 12.3 Å². The normalized spacial score (nSPS) is 16.6. The maximum atomic E-state index is 12.9. The van der Waals surface area contributed by atoms with Gasteiger partial charge in [0.25, 0.3) is 0 Å². The van der Waals surface area contributed by atoms with E-state index < -0.39 is 12.0 Å². The average molecular weight is 405 g/mol. The maximum Gasteiger partial charge on any atom is 0.328 e. The summed E-state index contributed by atoms with van der Waals surface area (Å²) in [5.74, 6) is -0.276. The molecule has 1 aromatic carbocycles. The zero-order valence-electron chi connectivity index (χ0n) is 16.9. The van der Waals surface area contributed by atoms with E-state index in [9.17, 15) is 9.59 Å². The van der Waals surface area contributed by atoms with E-state index >= 15 is 0 Å². The topological polar surface area (TPSA) is 93.3 Å². The van der Waals surface area contributed by atoms with Crippen molar-refractivity contribution in [2.24, 2.45) is 0 Å². The van der Waals surface area contributed by atoms with E-state index in [4.69, 9.17) is 9.47 Å². The van der Waals surface area contributed by atoms with Crippen LogP contribution in [0, 0.1) is 0 Å². The van der Waals surface area contributed by atoms with Crippen molar-refractivity contribution in [1.29, 1.82) is 0 Å². The van der Waals surface area contributed by atoms with Crippen LogP contribution in [-0.4, -0.2) is 42.1 Å². The van der Waals surface area contributed by atoms with Crippen LogP contribution in [0.15, 0.2) is 42.5 Å². The Morgan fingerprint density at radius 2 is 2.00 bits per heavy atom. The Labute approximate surface area is 174 Å². The Balaban J connectivity index is 1.79. The van der Waals surface area contributed by atoms with Crippen molar-refractivity contribution in [3.05, 3.63) is 64.9 Å². The molecule has 30 heavy (non-hydrogen) atoms. The van der Waals surface area contributed by atoms with Crippen LogP contribution in [0.5, 0.6) is 5.88 Å². The van der Waals surface area contributed by atoms with Crippen molar-refractivity contribution in [2.75, 3.05) is 14.2 Å². The molecule has 3 aromatic rings. The second kappa shape index (κ2) is 8.41. The molecule has 7 heteroatoms. The number of allylic oxidation sites excluding steroid dienone is 1. The van der Waals surface area contributed by atoms with Crippen LogP contribution in [0.2, 0.25) is 0 Å². The number of methoxy groups -OCH3 is 2. The number of nitrogens with one attached hydrogen (secondary N) is 2. The zero-order valence-corrected chi connectivity index (χ0v) is 16.9. The molecule has 1 aliphatic rings. The molecule has 0 aliphatic carbocycles. The van der Waals surface area contributed by atoms with E-state index in [2.05, 4.69) is 21.4 Å². The summed E-state index contributed by atoms with van der Waals surface area (Å²) >= 11 is 0. The van der Waals surface area contributed by atoms with Crippen molar-refractivity contribution < 1.29 is 19.1 Å². The summed E-state index contributed by atoms with van der Waals surface area (Å²) in [6.07, 6.45) is 5.19. The van der Waals surface area contributed by atoms with Gasteiger partial charge in [0.15, 0.2) is 0 Å². The Kier molecular flexibility index (Phi) is 5.52. The van der Waals surface area contributed by atoms with Crippen molar-refractivity contribution >= 4 is 29.0 Å². The van der Waals surface area contributed by atoms with E-state index in [1.807, 2.05) is 36.4 Å². The third-order valence-electron chi connectivity index (χ3n) is 5.19. The number of esters is 1. The lowest BCUT2D eigenvalue weighted by molar-refractivity contribution is -0.145. The molecule has 0 saturated carbocycles. The number of amides is 1. The second-order valence-corrected chi connectivity index (χ2v) is 7.22. The molecular weight excluding hydrogens is 382 g/mol. The van der Waals surface area contributed by atoms with Gasteiger partial charge in [-0.3, -0.25) is 4.79 Å². The highest BCUT2D eigenvalue weighted by Crippen LogP contribution is 2.25. The summed E-state index contributed by atoms with van der Waals surface area (Å²) in [7, 11) is 2.88. The first-order valence-corrected chi connectivity index (χ1v) is 9.74. The smallest absolute Gasteiger partial charge is 0.328 e. The van der Waals surface area contributed by atoms with E-state index in [1.54, 1.807) is 13.2 Å². The van der Waals surface area contributed by atoms with Crippen molar-refractivity contribution in [3.8, 4) is 5.88 Å². The molecule has 7 nitrogen and oxygen atoms in total. The van der Waals surface area contributed by atoms with Crippen LogP contribution in [0.1, 0.15) is 22.4 Å². The fraction of sp³-hybridized carbons (Fsp3) is 0.261. The molecule has 0 fully saturated rings. The van der Waals surface area contributed by atoms with Crippen molar-refractivity contribution in [1.82, 2.24) is 15.3 Å². The minimum Gasteiger partial charge on any atom is -0.481 e. The standard InChI is InChI=1S/C23H23N3O4/c1-29-21-10-9-18-22(26-21)16-13-20(27)25-19(23(28)30-2)12-15-7-3-5-14(11-15)6-4-8-17(16)24-18/h3-5,7-11,19,24H,6,12-13H2,1-2H3,(H,25,27)/t19-/m0/s1. The SMILES string of the molecule is COC(=O)[C@@H]1Cc2cccc(c2)CC=Cc2[nH]c3ccc(OC)nc3c2CC(=O)N1. The highest BCUT2D eigenvalue weighted by atomic mass is 16.5. The Hall–Kier alpha value is -3.61. The summed E-state index contributed by atoms with van der Waals surface area (Å²) in [6.45, 7) is 0. The number of aromatic amines is 1. The quantitative estimate of drug-likeness (QED) is 0.639. The molecule has 1 amide bonds. The number of ether oxygens (including phenoxy) is 2. The van der Waals surface area contributed by atoms with Crippen LogP contribution < -0.4 is 10.1 Å². The molecule has 1 atom stereocenters. The average Bonchev–Trinajstić information content (AvgIpc) is 3.09. The van der Waals surface area contributed by atoms with Crippen LogP contribution in [0.4, 0.5) is 0 Å². The number of pyridine rings is 1. The van der Waals surface area contributed by atoms with Crippen LogP contribution >= 0.6 is 0 Å². The lowest BCUT2D eigenvalue weighted by Gasteiger charge is -2.17. The molecule has 0 radical (unpaired) electrons. The van der Waals surface area contributed by atoms with Crippen molar-refractivity contribution in [3.63, 3.8) is 0 Å². The highest BCUT2D eigenvalue weighted by Gasteiger charge is 2.24. The minimum absolute atomic E-state index is 0.0743. The number of fused-ring (bicyclic) bond motifs is 5. The number of aromatic nitrogens is 2. The van der Waals surface area contributed by atoms with Gasteiger partial charge in [-0.2, -0.15) is 0 Å². The highest BCUT2D eigenvalue weighted by molar-refractivity contribution is 5.92. The van der Waals surface area contributed by atoms with Gasteiger partial charge < -0.3 is 19.8 Å². The first kappa shape index (κ1) is 19.7. The number of nitrogens with zero attached hydrogens (tertiary/aromatic N) is 1. The van der Waals surface area contributed by atoms with Gasteiger partial charge >= 0.3 is 5.97 Å². The van der Waals surface area contributed by atoms with Gasteiger partial charge in [0.1, 0.15) is 6.04 Å². The summed E-state index contributed by atoms with van der Waals surface area (Å²) in [5.41, 5.74) is 5.14. The third kappa shape index (κ3) is 4.05. The zero-order chi connectivity index (χ0) is 21.1. The van der Waals surface area contributed by atoms with Gasteiger partial charge in [-0.1, -0.05) is 30.3 Å². The molecule has 1 aliphatic heterocycles. The molecule has 0 unspecified atom stereocenters. The third-order valence-corrected chi connectivity index (χ3v) is 5.19. The molecule has 2 bridgehead atoms. The first-order chi connectivity index (χ1) is 14.6. The summed E-state index contributed by atoms with van der Waals surface area (Å²) in [4.78, 5) is 33.0. The van der Waals surface area contributed by atoms with Crippen molar-refractivity contribution in [2.45, 2.75) is 25.3 Å². The van der Waals surface area contributed by atoms with E-state index in [0.29, 0.717) is 17.8 Å². The Bertz CT molecular complexity index is 1130. The van der Waals surface area contributed by atoms with Crippen LogP contribution in [0.25, 0.3) is 17.1 Å². The van der Waals surface area contributed by atoms with E-state index in [0.717, 1.165) is 34.3 Å². The predicted octanol–water partition coefficient (Wildman–Crippen LogP) is 2.58. The number of rotatable bonds is 2. The fourth-order valence-electron chi connectivity index (χ4n) is 3.73. The minimum atomic E-state index is -0.761. The number of H-pyrrole nitrogens is 1. The van der Waals surface area contributed by atoms with Gasteiger partial charge in [0.2, 0.25) is 11.8 Å². The Morgan fingerprint density at radius 1 is 1.17 bits per heavy atom. The molecule has 3 heterocycles. The van der Waals surface area contributed by atoms with Gasteiger partial charge in [-0.15, -0.1) is 0 Å². The van der Waals surface area contributed by atoms with Gasteiger partial charge in [-0.25, -0.2) is 9.78 Å². The van der Waals surface area contributed by atoms with Gasteiger partial charge in [-0.05, 0) is 29.7 Å². The number of carbonyl (C=O) groups is 2. The van der Waals surface area contributed by atoms with Gasteiger partial charge in [0, 0.05) is 23.7 Å². The molecular formula is C23H23N3O4. The number of hydrogen-bond donors (Lipinski definition) is 2. The van der Waals surface area contributed by atoms with Gasteiger partial charge in [0.05, 0.1) is 31.7 Å². The molecule has 2 aromatic heterocycles. The first-order valence-electron chi connectivity index (χ1n) is 9.74. The second-order valence-electron chi connectivity index (χ2n) is 7.22. The molecule has 4 rings (SSSR count). The largest absolute Gasteiger partial charge is 0.481 e. The molecule has 0 spiro atoms. The molecule has 0 saturated heterocycles. The van der Waals surface area contributed by atoms with E-state index in [1.165, 1.54) is 7.11 Å².